The van der Waals surface area contributed by atoms with E-state index in [1.165, 1.54) is 11.1 Å². The Hall–Kier alpha value is -3.29. The van der Waals surface area contributed by atoms with Crippen molar-refractivity contribution in [2.75, 3.05) is 45.3 Å². The Morgan fingerprint density at radius 2 is 1.43 bits per heavy atom. The lowest BCUT2D eigenvalue weighted by atomic mass is 9.96. The lowest BCUT2D eigenvalue weighted by molar-refractivity contribution is -0.135. The van der Waals surface area contributed by atoms with Crippen molar-refractivity contribution in [2.24, 2.45) is 0 Å². The van der Waals surface area contributed by atoms with E-state index in [0.717, 1.165) is 18.8 Å². The fourth-order valence-corrected chi connectivity index (χ4v) is 5.34. The first-order chi connectivity index (χ1) is 18.1. The smallest absolute Gasteiger partial charge is 0.255 e. The Bertz CT molecular complexity index is 1110. The average molecular weight is 518 g/mol. The van der Waals surface area contributed by atoms with E-state index < -0.39 is 6.04 Å². The van der Waals surface area contributed by atoms with Gasteiger partial charge in [0.1, 0.15) is 11.8 Å². The van der Waals surface area contributed by atoms with Crippen molar-refractivity contribution in [2.45, 2.75) is 18.5 Å². The quantitative estimate of drug-likeness (QED) is 0.430. The summed E-state index contributed by atoms with van der Waals surface area (Å²) >= 11 is 1.67. The Morgan fingerprint density at radius 3 is 2.00 bits per heavy atom. The number of para-hydroxylation sites is 1. The number of thioether (sulfide) groups is 1. The van der Waals surface area contributed by atoms with Crippen LogP contribution in [-0.2, 0) is 4.79 Å². The molecule has 3 aromatic rings. The minimum atomic E-state index is -0.574. The van der Waals surface area contributed by atoms with Gasteiger partial charge in [-0.15, -0.1) is 0 Å². The van der Waals surface area contributed by atoms with Gasteiger partial charge in [-0.3, -0.25) is 14.5 Å². The van der Waals surface area contributed by atoms with Crippen molar-refractivity contribution >= 4 is 23.6 Å². The van der Waals surface area contributed by atoms with Crippen molar-refractivity contribution in [3.8, 4) is 5.75 Å². The van der Waals surface area contributed by atoms with Crippen LogP contribution in [0.4, 0.5) is 0 Å². The maximum absolute atomic E-state index is 13.6. The third kappa shape index (κ3) is 6.73. The van der Waals surface area contributed by atoms with Crippen molar-refractivity contribution in [1.82, 2.24) is 15.1 Å². The van der Waals surface area contributed by atoms with E-state index in [9.17, 15) is 9.59 Å². The lowest BCUT2D eigenvalue weighted by Crippen LogP contribution is -2.55. The van der Waals surface area contributed by atoms with Crippen LogP contribution in [0.25, 0.3) is 0 Å². The molecule has 1 aliphatic rings. The molecule has 1 N–H and O–H groups in total. The summed E-state index contributed by atoms with van der Waals surface area (Å²) in [6.45, 7) is 2.76. The zero-order valence-corrected chi connectivity index (χ0v) is 22.3. The van der Waals surface area contributed by atoms with Gasteiger partial charge < -0.3 is 15.0 Å². The molecule has 2 amide bonds. The summed E-state index contributed by atoms with van der Waals surface area (Å²) in [5.41, 5.74) is 2.93. The number of hydrogen-bond donors (Lipinski definition) is 1. The highest BCUT2D eigenvalue weighted by Crippen LogP contribution is 2.29. The molecule has 0 saturated carbocycles. The van der Waals surface area contributed by atoms with Gasteiger partial charge in [-0.05, 0) is 41.7 Å². The van der Waals surface area contributed by atoms with E-state index in [2.05, 4.69) is 58.7 Å². The number of hydrogen-bond acceptors (Lipinski definition) is 5. The fourth-order valence-electron chi connectivity index (χ4n) is 4.87. The molecule has 1 saturated heterocycles. The number of ether oxygens (including phenoxy) is 1. The normalized spacial score (nSPS) is 14.8. The number of rotatable bonds is 10. The molecule has 6 nitrogen and oxygen atoms in total. The Labute approximate surface area is 224 Å². The molecule has 0 aromatic heterocycles. The summed E-state index contributed by atoms with van der Waals surface area (Å²) in [5, 5.41) is 2.99. The number of nitrogens with zero attached hydrogens (tertiary/aromatic N) is 2. The van der Waals surface area contributed by atoms with Crippen molar-refractivity contribution < 1.29 is 14.3 Å². The molecule has 7 heteroatoms. The third-order valence-corrected chi connectivity index (χ3v) is 7.43. The maximum atomic E-state index is 13.6. The molecule has 0 radical (unpaired) electrons. The maximum Gasteiger partial charge on any atom is 0.255 e. The monoisotopic (exact) mass is 517 g/mol. The largest absolute Gasteiger partial charge is 0.496 e. The van der Waals surface area contributed by atoms with Crippen molar-refractivity contribution in [1.29, 1.82) is 0 Å². The van der Waals surface area contributed by atoms with E-state index in [0.29, 0.717) is 30.8 Å². The topological polar surface area (TPSA) is 61.9 Å². The highest BCUT2D eigenvalue weighted by Gasteiger charge is 2.32. The van der Waals surface area contributed by atoms with Gasteiger partial charge in [-0.2, -0.15) is 11.8 Å². The van der Waals surface area contributed by atoms with Crippen molar-refractivity contribution in [3.63, 3.8) is 0 Å². The molecule has 1 unspecified atom stereocenters. The molecule has 0 bridgehead atoms. The molecule has 0 spiro atoms. The molecule has 37 heavy (non-hydrogen) atoms. The summed E-state index contributed by atoms with van der Waals surface area (Å²) in [6.07, 6.45) is 2.59. The van der Waals surface area contributed by atoms with E-state index >= 15 is 0 Å². The molecule has 1 fully saturated rings. The van der Waals surface area contributed by atoms with Crippen LogP contribution in [0.1, 0.15) is 33.9 Å². The highest BCUT2D eigenvalue weighted by atomic mass is 32.2. The van der Waals surface area contributed by atoms with Crippen LogP contribution in [0.15, 0.2) is 84.9 Å². The summed E-state index contributed by atoms with van der Waals surface area (Å²) in [6, 6.07) is 27.7. The van der Waals surface area contributed by atoms with E-state index in [1.807, 2.05) is 29.4 Å². The molecular weight excluding hydrogens is 482 g/mol. The number of benzene rings is 3. The zero-order valence-electron chi connectivity index (χ0n) is 21.5. The first kappa shape index (κ1) is 26.8. The minimum absolute atomic E-state index is 0.0204. The molecular formula is C30H35N3O3S. The van der Waals surface area contributed by atoms with Gasteiger partial charge in [-0.1, -0.05) is 72.8 Å². The van der Waals surface area contributed by atoms with Gasteiger partial charge in [0.2, 0.25) is 5.91 Å². The summed E-state index contributed by atoms with van der Waals surface area (Å²) in [7, 11) is 1.54. The van der Waals surface area contributed by atoms with E-state index in [4.69, 9.17) is 4.74 Å². The van der Waals surface area contributed by atoms with Crippen LogP contribution in [0.3, 0.4) is 0 Å². The Balaban J connectivity index is 1.45. The van der Waals surface area contributed by atoms with Gasteiger partial charge in [-0.25, -0.2) is 0 Å². The standard InChI is InChI=1S/C30H35N3O3S/c1-36-27-16-10-9-15-25(27)29(34)31-26(17-22-37-2)30(35)33-20-18-32(19-21-33)28(23-11-5-3-6-12-23)24-13-7-4-8-14-24/h3-16,26,28H,17-22H2,1-2H3,(H,31,34). The third-order valence-electron chi connectivity index (χ3n) is 6.79. The molecule has 1 aliphatic heterocycles. The fraction of sp³-hybridized carbons (Fsp3) is 0.333. The Kier molecular flexibility index (Phi) is 9.63. The van der Waals surface area contributed by atoms with Gasteiger partial charge in [0.25, 0.3) is 5.91 Å². The second-order valence-electron chi connectivity index (χ2n) is 9.09. The van der Waals surface area contributed by atoms with E-state index in [-0.39, 0.29) is 17.9 Å². The van der Waals surface area contributed by atoms with Gasteiger partial charge in [0.15, 0.2) is 0 Å². The highest BCUT2D eigenvalue weighted by molar-refractivity contribution is 7.98. The minimum Gasteiger partial charge on any atom is -0.496 e. The number of methoxy groups -OCH3 is 1. The number of nitrogens with one attached hydrogen (secondary N) is 1. The second kappa shape index (κ2) is 13.3. The number of carbonyl (C=O) groups excluding carboxylic acids is 2. The molecule has 4 rings (SSSR count). The first-order valence-corrected chi connectivity index (χ1v) is 14.1. The van der Waals surface area contributed by atoms with Crippen molar-refractivity contribution in [3.05, 3.63) is 102 Å². The van der Waals surface area contributed by atoms with Crippen LogP contribution in [0.5, 0.6) is 5.75 Å². The van der Waals surface area contributed by atoms with E-state index in [1.54, 1.807) is 37.1 Å². The predicted molar refractivity (Wildman–Crippen MR) is 150 cm³/mol. The molecule has 194 valence electrons. The predicted octanol–water partition coefficient (Wildman–Crippen LogP) is 4.48. The number of carbonyl (C=O) groups is 2. The SMILES string of the molecule is COc1ccccc1C(=O)NC(CCSC)C(=O)N1CCN(C(c2ccccc2)c2ccccc2)CC1. The van der Waals surface area contributed by atoms with Gasteiger partial charge >= 0.3 is 0 Å². The summed E-state index contributed by atoms with van der Waals surface area (Å²) in [4.78, 5) is 31.0. The zero-order chi connectivity index (χ0) is 26.0. The molecule has 1 atom stereocenters. The van der Waals surface area contributed by atoms with Crippen LogP contribution in [0, 0.1) is 0 Å². The molecule has 0 aliphatic carbocycles. The summed E-state index contributed by atoms with van der Waals surface area (Å²) in [5.74, 6) is 0.973. The molecule has 1 heterocycles. The van der Waals surface area contributed by atoms with Crippen LogP contribution in [-0.4, -0.2) is 73.0 Å². The average Bonchev–Trinajstić information content (AvgIpc) is 2.96. The van der Waals surface area contributed by atoms with Crippen LogP contribution < -0.4 is 10.1 Å². The summed E-state index contributed by atoms with van der Waals surface area (Å²) < 4.78 is 5.35. The van der Waals surface area contributed by atoms with Crippen LogP contribution >= 0.6 is 11.8 Å². The second-order valence-corrected chi connectivity index (χ2v) is 10.1. The van der Waals surface area contributed by atoms with Crippen LogP contribution in [0.2, 0.25) is 0 Å². The van der Waals surface area contributed by atoms with Gasteiger partial charge in [0.05, 0.1) is 18.7 Å². The number of piperazine rings is 1. The number of amides is 2. The van der Waals surface area contributed by atoms with Gasteiger partial charge in [0, 0.05) is 26.2 Å². The molecule has 3 aromatic carbocycles. The Morgan fingerprint density at radius 1 is 0.865 bits per heavy atom. The first-order valence-electron chi connectivity index (χ1n) is 12.7. The lowest BCUT2D eigenvalue weighted by Gasteiger charge is -2.40.